The number of carboxylic acid groups (broad SMARTS) is 1. The maximum atomic E-state index is 14.4. The molecule has 47 heteroatoms. The number of amides is 14. The Morgan fingerprint density at radius 1 is 0.436 bits per heavy atom. The average molecular weight is 2110 g/mol. The molecule has 1 aliphatic rings. The van der Waals surface area contributed by atoms with E-state index >= 15 is 0 Å². The number of aliphatic carboxylic acids is 1. The van der Waals surface area contributed by atoms with Crippen molar-refractivity contribution in [1.82, 2.24) is 68.0 Å². The number of aromatic nitrogens is 2. The lowest BCUT2D eigenvalue weighted by Crippen LogP contribution is -2.60. The number of Topliss-reactive ketones (excluding diaryl/α,β-unsaturated/α-hetero) is 5. The summed E-state index contributed by atoms with van der Waals surface area (Å²) in [6.07, 6.45) is 18.3. The van der Waals surface area contributed by atoms with Gasteiger partial charge >= 0.3 is 5.97 Å². The molecule has 2 rings (SSSR count). The zero-order valence-corrected chi connectivity index (χ0v) is 90.0. The zero-order valence-electron chi connectivity index (χ0n) is 90.0. The molecule has 0 aromatic carbocycles. The summed E-state index contributed by atoms with van der Waals surface area (Å²) in [5.41, 5.74) is 50.1. The van der Waals surface area contributed by atoms with Gasteiger partial charge in [0.25, 0.3) is 0 Å². The number of nitrogens with zero attached hydrogens (tertiary/aromatic N) is 4. The van der Waals surface area contributed by atoms with E-state index in [-0.39, 0.29) is 131 Å². The van der Waals surface area contributed by atoms with E-state index in [4.69, 9.17) is 51.6 Å². The summed E-state index contributed by atoms with van der Waals surface area (Å²) >= 11 is 0. The third-order valence-corrected chi connectivity index (χ3v) is 25.9. The predicted octanol–water partition coefficient (Wildman–Crippen LogP) is 1.19. The third-order valence-electron chi connectivity index (χ3n) is 25.9. The SMILES string of the molecule is CC(C)C[C@H](NC(=O)[C@H](CC(C)C)NC(=O)[C@H](CCCCN)NC(=O)[C@H](CCCN=C(N)N)CC(=O)[C@@H]1CCCN1C(=O)[C@@H](C)CCCN=C(N)N)C(=O)N[C@@H](C)C(=O)N[C@@H](CCC(=O)O)C(=O)N[C@@H](CCCCN)C(=O)N[C@H](C(N)=O)C(C)C.CCCCCCCCCCCCCCCC(=O)C[C@@H](Cc1cnc[nH]1)C(=O)N[C@@H](C)C(=O)C[C@H](C(=O)N[C@@H](CC(N)=O)C(=O)C[C@@H](CO)C(=O)N[C@@H](CCC(N)=O)C(=O)CC)[C@@H](C)O. The highest BCUT2D eigenvalue weighted by Gasteiger charge is 2.42. The van der Waals surface area contributed by atoms with Gasteiger partial charge in [0, 0.05) is 101 Å². The van der Waals surface area contributed by atoms with Gasteiger partial charge in [0.15, 0.2) is 35.1 Å². The topological polar surface area (TPSA) is 813 Å². The van der Waals surface area contributed by atoms with Crippen LogP contribution in [-0.2, 0) is 102 Å². The average Bonchev–Trinajstić information content (AvgIpc) is 1.66. The number of hydrogen-bond acceptors (Lipinski definition) is 27. The molecule has 0 radical (unpaired) electrons. The van der Waals surface area contributed by atoms with Crippen LogP contribution in [0.2, 0.25) is 0 Å². The highest BCUT2D eigenvalue weighted by molar-refractivity contribution is 6.01. The van der Waals surface area contributed by atoms with Gasteiger partial charge in [-0.15, -0.1) is 0 Å². The van der Waals surface area contributed by atoms with E-state index in [0.29, 0.717) is 83.0 Å². The molecule has 1 fully saturated rings. The minimum Gasteiger partial charge on any atom is -0.481 e. The molecule has 47 nitrogen and oxygen atoms in total. The minimum absolute atomic E-state index is 0.0182. The van der Waals surface area contributed by atoms with Gasteiger partial charge in [-0.25, -0.2) is 4.98 Å². The quantitative estimate of drug-likeness (QED) is 0.0247. The Morgan fingerprint density at radius 3 is 1.38 bits per heavy atom. The second-order valence-electron chi connectivity index (χ2n) is 40.4. The molecule has 0 unspecified atom stereocenters. The van der Waals surface area contributed by atoms with Gasteiger partial charge in [-0.3, -0.25) is 106 Å². The lowest BCUT2D eigenvalue weighted by molar-refractivity contribution is -0.141. The number of carboxylic acids is 1. The smallest absolute Gasteiger partial charge is 0.303 e. The summed E-state index contributed by atoms with van der Waals surface area (Å²) in [6, 6.07) is -13.6. The number of unbranched alkanes of at least 4 members (excludes halogenated alkanes) is 14. The number of imidazole rings is 1. The number of rotatable bonds is 82. The number of aromatic amines is 1. The lowest BCUT2D eigenvalue weighted by Gasteiger charge is -2.29. The number of aliphatic imine (C=N–C) groups is 2. The van der Waals surface area contributed by atoms with Crippen LogP contribution in [0.3, 0.4) is 0 Å². The molecule has 1 aliphatic heterocycles. The maximum absolute atomic E-state index is 14.4. The van der Waals surface area contributed by atoms with Gasteiger partial charge in [-0.1, -0.05) is 139 Å². The maximum Gasteiger partial charge on any atom is 0.303 e. The largest absolute Gasteiger partial charge is 0.481 e. The zero-order chi connectivity index (χ0) is 113. The highest BCUT2D eigenvalue weighted by Crippen LogP contribution is 2.28. The van der Waals surface area contributed by atoms with Crippen LogP contribution in [0.15, 0.2) is 22.5 Å². The number of ketones is 5. The number of carbonyl (C=O) groups excluding carboxylic acids is 19. The normalized spacial score (nSPS) is 15.5. The van der Waals surface area contributed by atoms with Crippen LogP contribution >= 0.6 is 0 Å². The monoisotopic (exact) mass is 2110 g/mol. The van der Waals surface area contributed by atoms with Gasteiger partial charge < -0.3 is 130 Å². The second-order valence-corrected chi connectivity index (χ2v) is 40.4. The summed E-state index contributed by atoms with van der Waals surface area (Å²) < 4.78 is 0. The van der Waals surface area contributed by atoms with E-state index in [1.54, 1.807) is 52.6 Å². The summed E-state index contributed by atoms with van der Waals surface area (Å²) in [7, 11) is 0. The second kappa shape index (κ2) is 75.6. The van der Waals surface area contributed by atoms with E-state index in [1.165, 1.54) is 84.9 Å². The molecule has 1 aromatic heterocycles. The van der Waals surface area contributed by atoms with E-state index in [1.807, 2.05) is 13.8 Å². The van der Waals surface area contributed by atoms with Crippen LogP contribution in [0.5, 0.6) is 0 Å². The van der Waals surface area contributed by atoms with Crippen LogP contribution in [0.1, 0.15) is 333 Å². The van der Waals surface area contributed by atoms with Gasteiger partial charge in [-0.2, -0.15) is 0 Å². The first kappa shape index (κ1) is 135. The van der Waals surface area contributed by atoms with Crippen molar-refractivity contribution in [3.05, 3.63) is 18.2 Å². The Kier molecular flexibility index (Phi) is 68.5. The Balaban J connectivity index is 0.00000155. The Bertz CT molecular complexity index is 4410. The van der Waals surface area contributed by atoms with Crippen molar-refractivity contribution in [2.75, 3.05) is 39.3 Å². The van der Waals surface area contributed by atoms with Crippen molar-refractivity contribution in [2.24, 2.45) is 109 Å². The number of aliphatic hydroxyl groups excluding tert-OH is 2. The van der Waals surface area contributed by atoms with Crippen molar-refractivity contribution < 1.29 is 111 Å². The molecule has 0 aliphatic carbocycles. The van der Waals surface area contributed by atoms with E-state index in [9.17, 15) is 111 Å². The Hall–Kier alpha value is -12.0. The molecule has 0 bridgehead atoms. The van der Waals surface area contributed by atoms with Crippen LogP contribution < -0.4 is 105 Å². The Morgan fingerprint density at radius 2 is 0.899 bits per heavy atom. The number of guanidine groups is 2. The number of H-pyrrole nitrogens is 1. The summed E-state index contributed by atoms with van der Waals surface area (Å²) in [6.45, 7) is 20.6. The first-order chi connectivity index (χ1) is 70.4. The lowest BCUT2D eigenvalue weighted by atomic mass is 9.91. The van der Waals surface area contributed by atoms with Crippen LogP contribution in [-0.4, -0.2) is 272 Å². The van der Waals surface area contributed by atoms with E-state index in [0.717, 1.165) is 25.7 Å². The van der Waals surface area contributed by atoms with E-state index < -0.39 is 247 Å². The molecule has 846 valence electrons. The fourth-order valence-electron chi connectivity index (χ4n) is 17.1. The van der Waals surface area contributed by atoms with Crippen molar-refractivity contribution in [3.8, 4) is 0 Å². The van der Waals surface area contributed by atoms with E-state index in [2.05, 4.69) is 80.0 Å². The third kappa shape index (κ3) is 57.5. The molecule has 1 saturated heterocycles. The summed E-state index contributed by atoms with van der Waals surface area (Å²) in [4.78, 5) is 282. The molecular formula is C102H180N24O23. The van der Waals surface area contributed by atoms with Crippen molar-refractivity contribution >= 4 is 130 Å². The van der Waals surface area contributed by atoms with Gasteiger partial charge in [0.1, 0.15) is 48.1 Å². The molecule has 32 N–H and O–H groups in total. The standard InChI is InChI=1S/C56H103N17O12.C46H77N7O11/c1-31(2)28-40(52(83)66-35(8)47(78)67-39(21-22-44(75)76)50(81)69-38(19-10-12-24-58)51(82)72-45(33(5)6)46(59)77)71-53(84)41(29-32(3)4)70-49(80)37(18-9-11-23-57)68-48(79)36(17-14-26-65-56(62)63)30-43(74)42-20-15-27-73(42)54(85)34(7)16-13-25-64-55(60)61;1-5-7-8-9-10-11-12-13-14-15-16-17-18-19-35(56)23-32(22-34-27-49-29-50-34)44(62)51-30(3)40(58)25-36(31(4)55)46(64)53-38(26-43(48)61)41(59)24-33(28-54)45(63)52-37(39(57)6-2)20-21-42(47)60/h31-42,45H,9-30,57-58H2,1-8H3,(H2,59,77)(H,66,83)(H,67,78)(H,68,79)(H,69,81)(H,70,80)(H,71,84)(H,72,82)(H,75,76)(H4,60,61,64)(H4,62,63,65);27,29-33,36-38,54-55H,5-26,28H2,1-4H3,(H2,47,60)(H2,48,61)(H,49,50)(H,51,62)(H,52,63)(H,53,64)/t34-,35-,36+,37-,38-,39-,40-,41-,42-,45-;30-,31+,32+,33-,36-,37-,38-/m00/s1. The van der Waals surface area contributed by atoms with Crippen molar-refractivity contribution in [1.29, 1.82) is 0 Å². The first-order valence-electron chi connectivity index (χ1n) is 53.2. The van der Waals surface area contributed by atoms with Gasteiger partial charge in [0.05, 0.1) is 67.4 Å². The number of nitrogens with two attached hydrogens (primary N) is 9. The number of hydrogen-bond donors (Lipinski definition) is 23. The predicted molar refractivity (Wildman–Crippen MR) is 561 cm³/mol. The molecule has 17 atom stereocenters. The minimum atomic E-state index is -1.62. The molecule has 1 aromatic rings. The van der Waals surface area contributed by atoms with Gasteiger partial charge in [0.2, 0.25) is 82.7 Å². The number of aliphatic hydroxyl groups is 2. The fourth-order valence-corrected chi connectivity index (χ4v) is 17.1. The number of likely N-dealkylation sites (tertiary alicyclic amines) is 1. The van der Waals surface area contributed by atoms with Crippen molar-refractivity contribution in [3.63, 3.8) is 0 Å². The summed E-state index contributed by atoms with van der Waals surface area (Å²) in [5, 5.41) is 56.0. The van der Waals surface area contributed by atoms with Gasteiger partial charge in [-0.05, 0) is 161 Å². The fraction of sp³-hybridized carbons (Fsp3) is 0.755. The molecule has 0 spiro atoms. The molecule has 2 heterocycles. The molecule has 149 heavy (non-hydrogen) atoms. The van der Waals surface area contributed by atoms with Crippen LogP contribution in [0, 0.1) is 47.3 Å². The van der Waals surface area contributed by atoms with Crippen molar-refractivity contribution in [2.45, 2.75) is 406 Å². The van der Waals surface area contributed by atoms with Crippen LogP contribution in [0.25, 0.3) is 0 Å². The molecule has 0 saturated carbocycles. The Labute approximate surface area is 877 Å². The molecular weight excluding hydrogens is 1930 g/mol. The number of primary amides is 3. The molecule has 14 amide bonds. The van der Waals surface area contributed by atoms with Crippen LogP contribution in [0.4, 0.5) is 0 Å². The summed E-state index contributed by atoms with van der Waals surface area (Å²) in [5.74, 6) is -20.3. The number of carbonyl (C=O) groups is 20. The number of nitrogens with one attached hydrogen (secondary N) is 11. The highest BCUT2D eigenvalue weighted by atomic mass is 16.4. The first-order valence-corrected chi connectivity index (χ1v) is 53.2.